The van der Waals surface area contributed by atoms with Crippen molar-refractivity contribution >= 4 is 0 Å². The van der Waals surface area contributed by atoms with E-state index in [9.17, 15) is 5.11 Å². The molecule has 1 aromatic heterocycles. The molecule has 130 valence electrons. The monoisotopic (exact) mass is 328 g/mol. The third-order valence-corrected chi connectivity index (χ3v) is 4.83. The van der Waals surface area contributed by atoms with E-state index in [1.165, 1.54) is 5.56 Å². The summed E-state index contributed by atoms with van der Waals surface area (Å²) in [5.74, 6) is 0.895. The van der Waals surface area contributed by atoms with Gasteiger partial charge in [-0.15, -0.1) is 0 Å². The maximum absolute atomic E-state index is 9.71. The van der Waals surface area contributed by atoms with Gasteiger partial charge in [0.15, 0.2) is 0 Å². The van der Waals surface area contributed by atoms with Crippen molar-refractivity contribution < 1.29 is 5.11 Å². The summed E-state index contributed by atoms with van der Waals surface area (Å²) in [5, 5.41) is 14.4. The largest absolute Gasteiger partial charge is 0.396 e. The average molecular weight is 328 g/mol. The summed E-state index contributed by atoms with van der Waals surface area (Å²) in [5.41, 5.74) is 3.48. The molecule has 1 saturated heterocycles. The quantitative estimate of drug-likeness (QED) is 0.876. The van der Waals surface area contributed by atoms with Crippen molar-refractivity contribution in [2.75, 3.05) is 40.3 Å². The first-order valence-electron chi connectivity index (χ1n) is 8.62. The topological polar surface area (TPSA) is 44.5 Å². The number of aryl methyl sites for hydroxylation is 1. The predicted octanol–water partition coefficient (Wildman–Crippen LogP) is 1.69. The van der Waals surface area contributed by atoms with Crippen molar-refractivity contribution in [3.05, 3.63) is 42.1 Å². The number of nitrogens with zero attached hydrogens (tertiary/aromatic N) is 4. The van der Waals surface area contributed by atoms with Crippen LogP contribution in [0.15, 0.2) is 36.5 Å². The molecule has 0 aliphatic carbocycles. The smallest absolute Gasteiger partial charge is 0.0968 e. The number of aromatic nitrogens is 2. The van der Waals surface area contributed by atoms with E-state index in [4.69, 9.17) is 0 Å². The molecular weight excluding hydrogens is 300 g/mol. The van der Waals surface area contributed by atoms with Gasteiger partial charge in [-0.3, -0.25) is 9.58 Å². The molecule has 5 heteroatoms. The lowest BCUT2D eigenvalue weighted by molar-refractivity contribution is 0.183. The van der Waals surface area contributed by atoms with Crippen LogP contribution in [-0.4, -0.2) is 65.0 Å². The average Bonchev–Trinajstić information content (AvgIpc) is 3.11. The van der Waals surface area contributed by atoms with Gasteiger partial charge in [0.05, 0.1) is 5.69 Å². The van der Waals surface area contributed by atoms with Crippen molar-refractivity contribution in [2.45, 2.75) is 6.54 Å². The number of rotatable bonds is 6. The maximum Gasteiger partial charge on any atom is 0.0968 e. The third-order valence-electron chi connectivity index (χ3n) is 4.83. The number of aliphatic hydroxyl groups excluding tert-OH is 1. The first-order chi connectivity index (χ1) is 11.6. The van der Waals surface area contributed by atoms with Gasteiger partial charge in [-0.05, 0) is 25.9 Å². The molecule has 0 radical (unpaired) electrons. The highest BCUT2D eigenvalue weighted by molar-refractivity contribution is 5.62. The van der Waals surface area contributed by atoms with Crippen LogP contribution in [0.4, 0.5) is 0 Å². The van der Waals surface area contributed by atoms with Gasteiger partial charge in [-0.2, -0.15) is 5.10 Å². The van der Waals surface area contributed by atoms with Crippen molar-refractivity contribution in [1.82, 2.24) is 19.6 Å². The second kappa shape index (κ2) is 7.47. The number of aliphatic hydroxyl groups is 1. The fraction of sp³-hybridized carbons (Fsp3) is 0.526. The van der Waals surface area contributed by atoms with E-state index in [0.29, 0.717) is 11.8 Å². The molecule has 0 spiro atoms. The van der Waals surface area contributed by atoms with E-state index in [1.54, 1.807) is 0 Å². The van der Waals surface area contributed by atoms with Gasteiger partial charge >= 0.3 is 0 Å². The molecule has 0 unspecified atom stereocenters. The van der Waals surface area contributed by atoms with Crippen molar-refractivity contribution in [2.24, 2.45) is 18.9 Å². The summed E-state index contributed by atoms with van der Waals surface area (Å²) in [7, 11) is 6.18. The van der Waals surface area contributed by atoms with Crippen LogP contribution in [0, 0.1) is 11.8 Å². The van der Waals surface area contributed by atoms with Gasteiger partial charge in [0.25, 0.3) is 0 Å². The van der Waals surface area contributed by atoms with Crippen molar-refractivity contribution in [3.8, 4) is 11.3 Å². The van der Waals surface area contributed by atoms with Gasteiger partial charge < -0.3 is 10.0 Å². The zero-order chi connectivity index (χ0) is 17.1. The second-order valence-electron chi connectivity index (χ2n) is 7.20. The Kier molecular flexibility index (Phi) is 5.33. The Labute approximate surface area is 144 Å². The van der Waals surface area contributed by atoms with E-state index in [1.807, 2.05) is 17.8 Å². The second-order valence-corrected chi connectivity index (χ2v) is 7.20. The van der Waals surface area contributed by atoms with Gasteiger partial charge in [0.1, 0.15) is 0 Å². The highest BCUT2D eigenvalue weighted by atomic mass is 16.3. The molecule has 1 fully saturated rings. The molecule has 1 aliphatic heterocycles. The zero-order valence-electron chi connectivity index (χ0n) is 14.9. The zero-order valence-corrected chi connectivity index (χ0v) is 14.9. The Balaban J connectivity index is 1.75. The lowest BCUT2D eigenvalue weighted by Crippen LogP contribution is -2.28. The molecule has 2 heterocycles. The van der Waals surface area contributed by atoms with Crippen LogP contribution in [0.25, 0.3) is 11.3 Å². The van der Waals surface area contributed by atoms with Crippen LogP contribution in [-0.2, 0) is 13.6 Å². The summed E-state index contributed by atoms with van der Waals surface area (Å²) in [6.45, 7) is 4.18. The molecule has 0 saturated carbocycles. The normalized spacial score (nSPS) is 21.7. The van der Waals surface area contributed by atoms with Gasteiger partial charge in [0.2, 0.25) is 0 Å². The summed E-state index contributed by atoms with van der Waals surface area (Å²) >= 11 is 0. The fourth-order valence-electron chi connectivity index (χ4n) is 3.78. The summed E-state index contributed by atoms with van der Waals surface area (Å²) < 4.78 is 1.90. The molecule has 1 aromatic carbocycles. The molecule has 2 atom stereocenters. The number of hydrogen-bond donors (Lipinski definition) is 1. The molecule has 0 bridgehead atoms. The standard InChI is InChI=1S/C19H28N4O/c1-21(2)9-16-11-23(13-18(16)14-24)12-17-10-22(3)20-19(17)15-7-5-4-6-8-15/h4-8,10,16,18,24H,9,11-14H2,1-3H3/t16-,18-/m1/s1. The number of benzene rings is 1. The van der Waals surface area contributed by atoms with E-state index in [-0.39, 0.29) is 6.61 Å². The number of likely N-dealkylation sites (tertiary alicyclic amines) is 1. The van der Waals surface area contributed by atoms with Crippen LogP contribution in [0.3, 0.4) is 0 Å². The maximum atomic E-state index is 9.71. The summed E-state index contributed by atoms with van der Waals surface area (Å²) in [4.78, 5) is 4.68. The molecule has 1 aliphatic rings. The first kappa shape index (κ1) is 17.1. The Hall–Kier alpha value is -1.69. The van der Waals surface area contributed by atoms with E-state index in [2.05, 4.69) is 59.5 Å². The van der Waals surface area contributed by atoms with Gasteiger partial charge in [-0.1, -0.05) is 30.3 Å². The number of hydrogen-bond acceptors (Lipinski definition) is 4. The van der Waals surface area contributed by atoms with Crippen molar-refractivity contribution in [1.29, 1.82) is 0 Å². The molecule has 2 aromatic rings. The molecular formula is C19H28N4O. The van der Waals surface area contributed by atoms with E-state index >= 15 is 0 Å². The van der Waals surface area contributed by atoms with Crippen LogP contribution < -0.4 is 0 Å². The lowest BCUT2D eigenvalue weighted by Gasteiger charge is -2.20. The molecule has 1 N–H and O–H groups in total. The first-order valence-corrected chi connectivity index (χ1v) is 8.62. The van der Waals surface area contributed by atoms with E-state index in [0.717, 1.165) is 37.4 Å². The fourth-order valence-corrected chi connectivity index (χ4v) is 3.78. The van der Waals surface area contributed by atoms with Gasteiger partial charge in [0, 0.05) is 57.2 Å². The Morgan fingerprint density at radius 2 is 1.88 bits per heavy atom. The minimum absolute atomic E-state index is 0.271. The van der Waals surface area contributed by atoms with Crippen LogP contribution >= 0.6 is 0 Å². The highest BCUT2D eigenvalue weighted by Crippen LogP contribution is 2.28. The van der Waals surface area contributed by atoms with Crippen LogP contribution in [0.2, 0.25) is 0 Å². The Bertz CT molecular complexity index is 653. The van der Waals surface area contributed by atoms with Gasteiger partial charge in [-0.25, -0.2) is 0 Å². The lowest BCUT2D eigenvalue weighted by atomic mass is 9.97. The van der Waals surface area contributed by atoms with Crippen LogP contribution in [0.1, 0.15) is 5.56 Å². The Morgan fingerprint density at radius 1 is 1.17 bits per heavy atom. The van der Waals surface area contributed by atoms with E-state index < -0.39 is 0 Å². The predicted molar refractivity (Wildman–Crippen MR) is 96.5 cm³/mol. The van der Waals surface area contributed by atoms with Crippen LogP contribution in [0.5, 0.6) is 0 Å². The third kappa shape index (κ3) is 3.86. The summed E-state index contributed by atoms with van der Waals surface area (Å²) in [6, 6.07) is 10.4. The minimum Gasteiger partial charge on any atom is -0.396 e. The molecule has 5 nitrogen and oxygen atoms in total. The summed E-state index contributed by atoms with van der Waals surface area (Å²) in [6.07, 6.45) is 2.12. The van der Waals surface area contributed by atoms with Crippen molar-refractivity contribution in [3.63, 3.8) is 0 Å². The SMILES string of the molecule is CN(C)C[C@@H]1CN(Cc2cn(C)nc2-c2ccccc2)C[C@@H]1CO. The molecule has 3 rings (SSSR count). The minimum atomic E-state index is 0.271. The highest BCUT2D eigenvalue weighted by Gasteiger charge is 2.32. The Morgan fingerprint density at radius 3 is 2.54 bits per heavy atom. The molecule has 0 amide bonds. The molecule has 24 heavy (non-hydrogen) atoms.